The summed E-state index contributed by atoms with van der Waals surface area (Å²) in [6, 6.07) is 1.89. The van der Waals surface area contributed by atoms with Gasteiger partial charge in [-0.1, -0.05) is 11.6 Å². The van der Waals surface area contributed by atoms with Crippen LogP contribution in [0.15, 0.2) is 30.7 Å². The molecular formula is C21H17ClF4N4O3S. The van der Waals surface area contributed by atoms with Crippen LogP contribution < -0.4 is 10.1 Å². The molecule has 7 nitrogen and oxygen atoms in total. The number of ether oxygens (including phenoxy) is 2. The molecule has 1 fully saturated rings. The molecule has 3 heterocycles. The summed E-state index contributed by atoms with van der Waals surface area (Å²) in [4.78, 5) is 23.6. The van der Waals surface area contributed by atoms with Gasteiger partial charge in [-0.2, -0.15) is 13.2 Å². The predicted octanol–water partition coefficient (Wildman–Crippen LogP) is 5.07. The number of carbonyl (C=O) groups excluding carboxylic acids is 1. The highest BCUT2D eigenvalue weighted by Gasteiger charge is 2.34. The van der Waals surface area contributed by atoms with Gasteiger partial charge in [0.2, 0.25) is 5.82 Å². The fraction of sp³-hybridized carbons (Fsp3) is 0.333. The molecule has 4 rings (SSSR count). The van der Waals surface area contributed by atoms with Gasteiger partial charge in [-0.05, 0) is 19.1 Å². The Kier molecular flexibility index (Phi) is 7.01. The minimum absolute atomic E-state index is 0.0315. The lowest BCUT2D eigenvalue weighted by Gasteiger charge is -2.17. The first-order valence-electron chi connectivity index (χ1n) is 10.0. The number of nitrogens with one attached hydrogen (secondary N) is 1. The van der Waals surface area contributed by atoms with E-state index >= 15 is 4.39 Å². The zero-order valence-electron chi connectivity index (χ0n) is 17.5. The summed E-state index contributed by atoms with van der Waals surface area (Å²) >= 11 is 6.98. The van der Waals surface area contributed by atoms with Crippen molar-refractivity contribution in [1.29, 1.82) is 0 Å². The number of benzene rings is 1. The number of hydrogen-bond donors (Lipinski definition) is 1. The first kappa shape index (κ1) is 24.3. The lowest BCUT2D eigenvalue weighted by molar-refractivity contribution is -0.145. The number of carbonyl (C=O) groups is 1. The van der Waals surface area contributed by atoms with E-state index in [1.165, 1.54) is 25.3 Å². The minimum Gasteiger partial charge on any atom is -0.488 e. The van der Waals surface area contributed by atoms with Crippen LogP contribution in [-0.4, -0.2) is 40.2 Å². The molecule has 0 radical (unpaired) electrons. The number of rotatable bonds is 6. The maximum atomic E-state index is 15.4. The molecule has 1 saturated heterocycles. The number of aromatic nitrogens is 3. The lowest BCUT2D eigenvalue weighted by atomic mass is 10.1. The molecule has 3 aromatic rings. The summed E-state index contributed by atoms with van der Waals surface area (Å²) in [5.41, 5.74) is -0.0782. The van der Waals surface area contributed by atoms with E-state index in [1.807, 2.05) is 0 Å². The van der Waals surface area contributed by atoms with Gasteiger partial charge >= 0.3 is 6.18 Å². The molecule has 13 heteroatoms. The molecule has 1 aliphatic heterocycles. The van der Waals surface area contributed by atoms with Crippen molar-refractivity contribution in [1.82, 2.24) is 20.3 Å². The number of amides is 1. The van der Waals surface area contributed by atoms with Crippen molar-refractivity contribution in [3.63, 3.8) is 0 Å². The average molecular weight is 517 g/mol. The first-order chi connectivity index (χ1) is 16.1. The summed E-state index contributed by atoms with van der Waals surface area (Å²) in [6.45, 7) is 2.41. The molecule has 34 heavy (non-hydrogen) atoms. The standard InChI is InChI=1S/C21H17ClF4N4O3S/c1-10(11-6-28-20(29-7-11)21(24,25)26)30-18(31)14-4-13(33-12-2-3-32-9-12)5-15(17(14)23)19-27-8-16(22)34-19/h4-8,10,12H,2-3,9H2,1H3,(H,30,31)/t10-,12-/m1/s1. The molecule has 1 N–H and O–H groups in total. The summed E-state index contributed by atoms with van der Waals surface area (Å²) in [5, 5.41) is 2.81. The molecule has 0 bridgehead atoms. The largest absolute Gasteiger partial charge is 0.488 e. The van der Waals surface area contributed by atoms with E-state index in [0.717, 1.165) is 23.7 Å². The van der Waals surface area contributed by atoms with Crippen molar-refractivity contribution in [2.45, 2.75) is 31.7 Å². The molecule has 2 atom stereocenters. The highest BCUT2D eigenvalue weighted by molar-refractivity contribution is 7.18. The molecule has 1 aromatic carbocycles. The smallest absolute Gasteiger partial charge is 0.451 e. The fourth-order valence-electron chi connectivity index (χ4n) is 3.23. The molecule has 1 aliphatic rings. The lowest BCUT2D eigenvalue weighted by Crippen LogP contribution is -2.28. The van der Waals surface area contributed by atoms with E-state index in [2.05, 4.69) is 20.3 Å². The normalized spacial score (nSPS) is 16.9. The van der Waals surface area contributed by atoms with Crippen LogP contribution in [0.1, 0.15) is 41.1 Å². The topological polar surface area (TPSA) is 86.2 Å². The highest BCUT2D eigenvalue weighted by atomic mass is 35.5. The molecule has 0 saturated carbocycles. The van der Waals surface area contributed by atoms with Gasteiger partial charge in [-0.15, -0.1) is 11.3 Å². The monoisotopic (exact) mass is 516 g/mol. The van der Waals surface area contributed by atoms with Crippen molar-refractivity contribution in [3.05, 3.63) is 57.8 Å². The third kappa shape index (κ3) is 5.45. The van der Waals surface area contributed by atoms with Crippen LogP contribution in [0, 0.1) is 5.82 Å². The number of nitrogens with zero attached hydrogens (tertiary/aromatic N) is 3. The number of hydrogen-bond acceptors (Lipinski definition) is 7. The van der Waals surface area contributed by atoms with Crippen LogP contribution in [0.5, 0.6) is 5.75 Å². The third-order valence-corrected chi connectivity index (χ3v) is 6.11. The van der Waals surface area contributed by atoms with Crippen LogP contribution >= 0.6 is 22.9 Å². The SMILES string of the molecule is C[C@@H](NC(=O)c1cc(O[C@@H]2CCOC2)cc(-c2ncc(Cl)s2)c1F)c1cnc(C(F)(F)F)nc1. The highest BCUT2D eigenvalue weighted by Crippen LogP contribution is 2.35. The van der Waals surface area contributed by atoms with Crippen LogP contribution in [0.4, 0.5) is 17.6 Å². The summed E-state index contributed by atoms with van der Waals surface area (Å²) in [7, 11) is 0. The Labute approximate surface area is 200 Å². The Morgan fingerprint density at radius 2 is 2.00 bits per heavy atom. The van der Waals surface area contributed by atoms with Gasteiger partial charge in [0.1, 0.15) is 27.0 Å². The Morgan fingerprint density at radius 3 is 2.59 bits per heavy atom. The van der Waals surface area contributed by atoms with Crippen molar-refractivity contribution >= 4 is 28.8 Å². The van der Waals surface area contributed by atoms with Gasteiger partial charge in [0.15, 0.2) is 0 Å². The molecule has 0 spiro atoms. The van der Waals surface area contributed by atoms with Gasteiger partial charge in [0, 0.05) is 24.4 Å². The second-order valence-corrected chi connectivity index (χ2v) is 9.10. The van der Waals surface area contributed by atoms with Crippen LogP contribution in [0.25, 0.3) is 10.6 Å². The third-order valence-electron chi connectivity index (χ3n) is 4.96. The number of thiazole rings is 1. The predicted molar refractivity (Wildman–Crippen MR) is 115 cm³/mol. The Morgan fingerprint density at radius 1 is 1.26 bits per heavy atom. The molecule has 1 amide bonds. The van der Waals surface area contributed by atoms with Crippen molar-refractivity contribution < 1.29 is 31.8 Å². The first-order valence-corrected chi connectivity index (χ1v) is 11.2. The zero-order chi connectivity index (χ0) is 24.5. The Bertz CT molecular complexity index is 1180. The van der Waals surface area contributed by atoms with Crippen molar-refractivity contribution in [3.8, 4) is 16.3 Å². The second kappa shape index (κ2) is 9.80. The van der Waals surface area contributed by atoms with Gasteiger partial charge in [0.05, 0.1) is 36.6 Å². The molecule has 0 unspecified atom stereocenters. The van der Waals surface area contributed by atoms with E-state index < -0.39 is 29.8 Å². The van der Waals surface area contributed by atoms with Crippen LogP contribution in [-0.2, 0) is 10.9 Å². The van der Waals surface area contributed by atoms with Gasteiger partial charge in [0.25, 0.3) is 5.91 Å². The Hall–Kier alpha value is -2.83. The maximum absolute atomic E-state index is 15.4. The second-order valence-electron chi connectivity index (χ2n) is 7.44. The summed E-state index contributed by atoms with van der Waals surface area (Å²) in [5.74, 6) is -2.70. The van der Waals surface area contributed by atoms with Gasteiger partial charge < -0.3 is 14.8 Å². The van der Waals surface area contributed by atoms with E-state index in [-0.39, 0.29) is 33.6 Å². The molecule has 0 aliphatic carbocycles. The maximum Gasteiger partial charge on any atom is 0.451 e. The van der Waals surface area contributed by atoms with E-state index in [9.17, 15) is 18.0 Å². The molecule has 180 valence electrons. The van der Waals surface area contributed by atoms with Crippen molar-refractivity contribution in [2.75, 3.05) is 13.2 Å². The quantitative estimate of drug-likeness (QED) is 0.460. The minimum atomic E-state index is -4.69. The van der Waals surface area contributed by atoms with Crippen molar-refractivity contribution in [2.24, 2.45) is 0 Å². The van der Waals surface area contributed by atoms with Gasteiger partial charge in [-0.3, -0.25) is 4.79 Å². The summed E-state index contributed by atoms with van der Waals surface area (Å²) < 4.78 is 65.0. The fourth-order valence-corrected chi connectivity index (χ4v) is 4.15. The summed E-state index contributed by atoms with van der Waals surface area (Å²) in [6.07, 6.45) is -1.01. The molecule has 2 aromatic heterocycles. The number of halogens is 5. The van der Waals surface area contributed by atoms with Gasteiger partial charge in [-0.25, -0.2) is 19.3 Å². The van der Waals surface area contributed by atoms with Crippen LogP contribution in [0.3, 0.4) is 0 Å². The van der Waals surface area contributed by atoms with E-state index in [4.69, 9.17) is 21.1 Å². The van der Waals surface area contributed by atoms with E-state index in [0.29, 0.717) is 24.0 Å². The molecular weight excluding hydrogens is 500 g/mol. The van der Waals surface area contributed by atoms with Crippen LogP contribution in [0.2, 0.25) is 4.34 Å². The zero-order valence-corrected chi connectivity index (χ0v) is 19.1. The average Bonchev–Trinajstić information content (AvgIpc) is 3.46. The number of alkyl halides is 3. The Balaban J connectivity index is 1.61. The van der Waals surface area contributed by atoms with E-state index in [1.54, 1.807) is 0 Å².